The summed E-state index contributed by atoms with van der Waals surface area (Å²) in [5.41, 5.74) is 0.953. The van der Waals surface area contributed by atoms with Crippen LogP contribution in [0.15, 0.2) is 52.5 Å². The van der Waals surface area contributed by atoms with Gasteiger partial charge in [0.2, 0.25) is 5.71 Å². The molecule has 2 aliphatic rings. The lowest BCUT2D eigenvalue weighted by Crippen LogP contribution is -2.42. The Balaban J connectivity index is 1.55. The molecule has 0 spiro atoms. The van der Waals surface area contributed by atoms with Crippen molar-refractivity contribution in [2.24, 2.45) is 0 Å². The minimum absolute atomic E-state index is 0.0253. The summed E-state index contributed by atoms with van der Waals surface area (Å²) in [6, 6.07) is 4.70. The van der Waals surface area contributed by atoms with Crippen molar-refractivity contribution in [2.45, 2.75) is 0 Å². The van der Waals surface area contributed by atoms with Crippen LogP contribution in [0, 0.1) is 10.4 Å². The number of furan rings is 1. The standard InChI is InChI=1S/C20H17N2O7/c23-19-16-6-5-15(28-20(24)21-7-9-27-10-8-21)12-17(16)29-18(19)11-13-1-3-14(4-2-13)22(25)26/h1-6,11-12H,7-10H2,(H-,23,25,26)/q-1. The maximum absolute atomic E-state index is 12.2. The van der Waals surface area contributed by atoms with Gasteiger partial charge >= 0.3 is 6.09 Å². The van der Waals surface area contributed by atoms with E-state index in [1.807, 2.05) is 0 Å². The van der Waals surface area contributed by atoms with Gasteiger partial charge in [-0.2, -0.15) is 4.90 Å². The highest BCUT2D eigenvalue weighted by Gasteiger charge is 2.20. The van der Waals surface area contributed by atoms with Gasteiger partial charge in [0.1, 0.15) is 11.3 Å². The first-order chi connectivity index (χ1) is 14.0. The minimum Gasteiger partial charge on any atom is -0.612 e. The van der Waals surface area contributed by atoms with Crippen molar-refractivity contribution in [1.29, 1.82) is 0 Å². The zero-order chi connectivity index (χ0) is 20.4. The molecule has 1 aliphatic heterocycles. The van der Waals surface area contributed by atoms with E-state index >= 15 is 0 Å². The molecule has 1 aromatic heterocycles. The van der Waals surface area contributed by atoms with Gasteiger partial charge in [-0.3, -0.25) is 0 Å². The molecule has 1 N–H and O–H groups in total. The number of rotatable bonds is 2. The van der Waals surface area contributed by atoms with E-state index in [9.17, 15) is 20.3 Å². The highest BCUT2D eigenvalue weighted by atomic mass is 16.8. The number of nitrogens with zero attached hydrogens (tertiary/aromatic N) is 2. The molecule has 9 nitrogen and oxygen atoms in total. The topological polar surface area (TPSA) is 121 Å². The van der Waals surface area contributed by atoms with Gasteiger partial charge < -0.3 is 34.3 Å². The summed E-state index contributed by atoms with van der Waals surface area (Å²) in [6.07, 6.45) is 6.95. The summed E-state index contributed by atoms with van der Waals surface area (Å²) in [5, 5.41) is 32.4. The molecule has 9 heteroatoms. The number of morpholine rings is 1. The molecule has 0 radical (unpaired) electrons. The fraction of sp³-hybridized carbons (Fsp3) is 0.200. The third kappa shape index (κ3) is 3.94. The monoisotopic (exact) mass is 397 g/mol. The van der Waals surface area contributed by atoms with Crippen LogP contribution in [0.3, 0.4) is 0 Å². The van der Waals surface area contributed by atoms with Gasteiger partial charge in [-0.25, -0.2) is 4.79 Å². The Morgan fingerprint density at radius 3 is 2.59 bits per heavy atom. The van der Waals surface area contributed by atoms with Crippen molar-refractivity contribution >= 4 is 28.9 Å². The average molecular weight is 397 g/mol. The van der Waals surface area contributed by atoms with E-state index in [1.54, 1.807) is 35.3 Å². The summed E-state index contributed by atoms with van der Waals surface area (Å²) in [4.78, 5) is 13.3. The van der Waals surface area contributed by atoms with Crippen LogP contribution in [-0.2, 0) is 4.74 Å². The van der Waals surface area contributed by atoms with Crippen LogP contribution < -0.4 is 4.74 Å². The second kappa shape index (κ2) is 7.72. The summed E-state index contributed by atoms with van der Waals surface area (Å²) < 4.78 is 16.3. The molecule has 150 valence electrons. The highest BCUT2D eigenvalue weighted by molar-refractivity contribution is 6.03. The van der Waals surface area contributed by atoms with Gasteiger partial charge in [-0.15, -0.1) is 0 Å². The predicted octanol–water partition coefficient (Wildman–Crippen LogP) is 2.93. The van der Waals surface area contributed by atoms with E-state index in [-0.39, 0.29) is 17.2 Å². The van der Waals surface area contributed by atoms with Crippen LogP contribution in [0.4, 0.5) is 4.79 Å². The molecule has 0 saturated carbocycles. The SMILES string of the molecule is O=C(Oc1ccc2c(O)c(C=C3C=CC(=[N+]([O-])[O-])C=C3)oc2c1)N1CCOCC1. The first-order valence-electron chi connectivity index (χ1n) is 8.90. The van der Waals surface area contributed by atoms with E-state index < -0.39 is 11.0 Å². The number of hydrogen-bond donors (Lipinski definition) is 1. The summed E-state index contributed by atoms with van der Waals surface area (Å²) in [6.45, 7) is 1.89. The molecule has 0 atom stereocenters. The van der Waals surface area contributed by atoms with Crippen LogP contribution in [0.2, 0.25) is 0 Å². The highest BCUT2D eigenvalue weighted by Crippen LogP contribution is 2.36. The third-order valence-electron chi connectivity index (χ3n) is 4.54. The number of amides is 1. The average Bonchev–Trinajstić information content (AvgIpc) is 3.03. The van der Waals surface area contributed by atoms with E-state index in [0.717, 1.165) is 0 Å². The first kappa shape index (κ1) is 18.6. The Hall–Kier alpha value is -3.72. The number of allylic oxidation sites excluding steroid dienone is 5. The largest absolute Gasteiger partial charge is 0.612 e. The quantitative estimate of drug-likeness (QED) is 0.611. The lowest BCUT2D eigenvalue weighted by Gasteiger charge is -2.25. The molecule has 1 fully saturated rings. The lowest BCUT2D eigenvalue weighted by atomic mass is 10.1. The first-order valence-corrected chi connectivity index (χ1v) is 8.90. The van der Waals surface area contributed by atoms with Gasteiger partial charge in [-0.1, -0.05) is 0 Å². The molecule has 1 aromatic carbocycles. The van der Waals surface area contributed by atoms with Gasteiger partial charge in [0.15, 0.2) is 11.5 Å². The number of aromatic hydroxyl groups is 1. The van der Waals surface area contributed by atoms with Crippen LogP contribution >= 0.6 is 0 Å². The predicted molar refractivity (Wildman–Crippen MR) is 105 cm³/mol. The van der Waals surface area contributed by atoms with E-state index in [4.69, 9.17) is 13.9 Å². The van der Waals surface area contributed by atoms with E-state index in [0.29, 0.717) is 48.6 Å². The van der Waals surface area contributed by atoms with Crippen molar-refractivity contribution in [1.82, 2.24) is 4.90 Å². The Morgan fingerprint density at radius 1 is 1.17 bits per heavy atom. The second-order valence-electron chi connectivity index (χ2n) is 6.43. The van der Waals surface area contributed by atoms with Crippen LogP contribution in [0.1, 0.15) is 5.76 Å². The van der Waals surface area contributed by atoms with Crippen molar-refractivity contribution < 1.29 is 28.7 Å². The van der Waals surface area contributed by atoms with Crippen LogP contribution in [0.5, 0.6) is 11.5 Å². The molecule has 2 aromatic rings. The van der Waals surface area contributed by atoms with Crippen LogP contribution in [-0.4, -0.2) is 53.0 Å². The van der Waals surface area contributed by atoms with E-state index in [1.165, 1.54) is 18.2 Å². The zero-order valence-electron chi connectivity index (χ0n) is 15.2. The van der Waals surface area contributed by atoms with Crippen molar-refractivity contribution in [2.75, 3.05) is 26.3 Å². The fourth-order valence-corrected chi connectivity index (χ4v) is 3.00. The molecule has 1 amide bonds. The maximum Gasteiger partial charge on any atom is 0.415 e. The molecule has 0 bridgehead atoms. The Morgan fingerprint density at radius 2 is 1.90 bits per heavy atom. The Labute approximate surface area is 165 Å². The molecule has 29 heavy (non-hydrogen) atoms. The van der Waals surface area contributed by atoms with Gasteiger partial charge in [0, 0.05) is 31.3 Å². The number of fused-ring (bicyclic) bond motifs is 1. The zero-order valence-corrected chi connectivity index (χ0v) is 15.2. The molecule has 2 heterocycles. The normalized spacial score (nSPS) is 16.3. The lowest BCUT2D eigenvalue weighted by molar-refractivity contribution is -0.377. The molecule has 4 rings (SSSR count). The third-order valence-corrected chi connectivity index (χ3v) is 4.54. The fourth-order valence-electron chi connectivity index (χ4n) is 3.00. The van der Waals surface area contributed by atoms with Gasteiger partial charge in [0.05, 0.1) is 18.6 Å². The molecular formula is C20H17N2O7-. The number of hydrogen-bond acceptors (Lipinski definition) is 7. The summed E-state index contributed by atoms with van der Waals surface area (Å²) >= 11 is 0. The molecule has 1 saturated heterocycles. The number of carbonyl (C=O) groups excluding carboxylic acids is 1. The maximum atomic E-state index is 12.2. The van der Waals surface area contributed by atoms with Gasteiger partial charge in [0.25, 0.3) is 0 Å². The van der Waals surface area contributed by atoms with Gasteiger partial charge in [-0.05, 0) is 35.9 Å². The second-order valence-corrected chi connectivity index (χ2v) is 6.43. The molecule has 0 unspecified atom stereocenters. The Kier molecular flexibility index (Phi) is 4.96. The van der Waals surface area contributed by atoms with Crippen molar-refractivity contribution in [3.63, 3.8) is 0 Å². The van der Waals surface area contributed by atoms with Crippen LogP contribution in [0.25, 0.3) is 17.0 Å². The Bertz CT molecular complexity index is 1050. The number of carbonyl (C=O) groups is 1. The van der Waals surface area contributed by atoms with E-state index in [2.05, 4.69) is 0 Å². The molecular weight excluding hydrogens is 380 g/mol. The number of ether oxygens (including phenoxy) is 2. The van der Waals surface area contributed by atoms with Crippen molar-refractivity contribution in [3.05, 3.63) is 64.3 Å². The summed E-state index contributed by atoms with van der Waals surface area (Å²) in [7, 11) is 0. The molecule has 1 aliphatic carbocycles. The number of benzene rings is 1. The minimum atomic E-state index is -0.484. The summed E-state index contributed by atoms with van der Waals surface area (Å²) in [5.74, 6) is 0.430. The smallest absolute Gasteiger partial charge is 0.415 e. The van der Waals surface area contributed by atoms with Crippen molar-refractivity contribution in [3.8, 4) is 11.5 Å².